The molecule has 0 bridgehead atoms. The normalized spacial score (nSPS) is 13.0. The Bertz CT molecular complexity index is 1660. The Hall–Kier alpha value is -5.55. The summed E-state index contributed by atoms with van der Waals surface area (Å²) in [6.07, 6.45) is 0.810. The first kappa shape index (κ1) is 31.4. The number of hydrogen-bond acceptors (Lipinski definition) is 8. The molecule has 11 heteroatoms. The number of allylic oxidation sites excluding steroid dienone is 3. The Morgan fingerprint density at radius 1 is 0.886 bits per heavy atom. The summed E-state index contributed by atoms with van der Waals surface area (Å²) in [6.45, 7) is 2.86. The van der Waals surface area contributed by atoms with Crippen LogP contribution in [0.25, 0.3) is 5.57 Å². The number of hydrazine groups is 1. The van der Waals surface area contributed by atoms with E-state index in [2.05, 4.69) is 16.1 Å². The molecule has 1 aliphatic carbocycles. The number of nitrogens with zero attached hydrogens (tertiary/aromatic N) is 1. The summed E-state index contributed by atoms with van der Waals surface area (Å²) in [7, 11) is 1.72. The lowest BCUT2D eigenvalue weighted by atomic mass is 9.85. The Morgan fingerprint density at radius 3 is 2.20 bits per heavy atom. The van der Waals surface area contributed by atoms with Crippen LogP contribution in [0.15, 0.2) is 90.1 Å². The Balaban J connectivity index is 1.62. The van der Waals surface area contributed by atoms with Crippen LogP contribution in [-0.4, -0.2) is 47.8 Å². The largest absolute Gasteiger partial charge is 0.399 e. The molecule has 4 rings (SSSR count). The van der Waals surface area contributed by atoms with Gasteiger partial charge in [-0.3, -0.25) is 24.6 Å². The van der Waals surface area contributed by atoms with Crippen molar-refractivity contribution in [3.63, 3.8) is 0 Å². The molecule has 11 nitrogen and oxygen atoms in total. The Labute approximate surface area is 255 Å². The predicted molar refractivity (Wildman–Crippen MR) is 169 cm³/mol. The lowest BCUT2D eigenvalue weighted by molar-refractivity contribution is -0.122. The van der Waals surface area contributed by atoms with Gasteiger partial charge in [-0.2, -0.15) is 0 Å². The molecule has 0 heterocycles. The van der Waals surface area contributed by atoms with E-state index >= 15 is 0 Å². The average molecular weight is 594 g/mol. The second kappa shape index (κ2) is 14.1. The highest BCUT2D eigenvalue weighted by Crippen LogP contribution is 2.31. The molecular weight excluding hydrogens is 558 g/mol. The van der Waals surface area contributed by atoms with Gasteiger partial charge in [0, 0.05) is 60.7 Å². The number of Topliss-reactive ketones (excluding diaryl/α,β-unsaturated/α-hetero) is 1. The summed E-state index contributed by atoms with van der Waals surface area (Å²) >= 11 is 0. The summed E-state index contributed by atoms with van der Waals surface area (Å²) in [5.74, 6) is -1.97. The van der Waals surface area contributed by atoms with Crippen LogP contribution in [0.1, 0.15) is 46.0 Å². The minimum Gasteiger partial charge on any atom is -0.399 e. The average Bonchev–Trinajstić information content (AvgIpc) is 3.01. The summed E-state index contributed by atoms with van der Waals surface area (Å²) in [4.78, 5) is 53.4. The fraction of sp³-hybridized carbons (Fsp3) is 0.182. The fourth-order valence-electron chi connectivity index (χ4n) is 4.58. The van der Waals surface area contributed by atoms with Gasteiger partial charge in [0.1, 0.15) is 11.5 Å². The van der Waals surface area contributed by atoms with E-state index in [0.29, 0.717) is 12.1 Å². The topological polar surface area (TPSA) is 184 Å². The van der Waals surface area contributed by atoms with Crippen LogP contribution in [0.5, 0.6) is 0 Å². The van der Waals surface area contributed by atoms with Gasteiger partial charge in [-0.25, -0.2) is 5.01 Å². The number of carbonyl (C=O) groups excluding carboxylic acids is 4. The highest BCUT2D eigenvalue weighted by atomic mass is 16.2. The number of nitrogen functional groups attached to an aromatic ring is 2. The van der Waals surface area contributed by atoms with E-state index in [4.69, 9.17) is 16.9 Å². The third-order valence-corrected chi connectivity index (χ3v) is 7.02. The highest BCUT2D eigenvalue weighted by molar-refractivity contribution is 6.38. The van der Waals surface area contributed by atoms with Crippen molar-refractivity contribution in [2.75, 3.05) is 19.3 Å². The first-order chi connectivity index (χ1) is 21.0. The van der Waals surface area contributed by atoms with E-state index < -0.39 is 23.4 Å². The summed E-state index contributed by atoms with van der Waals surface area (Å²) in [5, 5.41) is 14.8. The van der Waals surface area contributed by atoms with Crippen molar-refractivity contribution in [1.29, 1.82) is 5.41 Å². The summed E-state index contributed by atoms with van der Waals surface area (Å²) in [5.41, 5.74) is 17.5. The number of amides is 2. The maximum Gasteiger partial charge on any atom is 0.251 e. The number of ketones is 2. The monoisotopic (exact) mass is 593 g/mol. The molecule has 3 aromatic rings. The predicted octanol–water partition coefficient (Wildman–Crippen LogP) is 2.43. The van der Waals surface area contributed by atoms with Crippen LogP contribution in [-0.2, 0) is 27.5 Å². The van der Waals surface area contributed by atoms with E-state index in [1.54, 1.807) is 36.3 Å². The molecular formula is C33H35N7O4. The van der Waals surface area contributed by atoms with Crippen molar-refractivity contribution >= 4 is 40.5 Å². The molecule has 0 unspecified atom stereocenters. The van der Waals surface area contributed by atoms with Crippen LogP contribution in [0.4, 0.5) is 5.69 Å². The number of rotatable bonds is 12. The van der Waals surface area contributed by atoms with E-state index in [9.17, 15) is 19.2 Å². The molecule has 0 aromatic heterocycles. The van der Waals surface area contributed by atoms with Crippen molar-refractivity contribution in [2.45, 2.75) is 26.4 Å². The van der Waals surface area contributed by atoms with Gasteiger partial charge < -0.3 is 27.5 Å². The molecule has 0 saturated heterocycles. The third-order valence-electron chi connectivity index (χ3n) is 7.02. The van der Waals surface area contributed by atoms with Gasteiger partial charge in [0.2, 0.25) is 11.7 Å². The zero-order chi connectivity index (χ0) is 31.8. The number of nitrogens with one attached hydrogen (secondary N) is 4. The standard InChI is InChI=1S/C33H35N7O4/c1-3-40(2)39-27-17-28(41)30(23-13-24(15-25(34)14-23)33(44)38-19-20-7-5-4-6-8-20)26(31(27)43)16-29(42)37-18-21-9-11-22(12-10-21)32(35)36/h4-15,17,39H,3,16,18-19,34H2,1-2H3,(H3,35,36)(H,37,42)(H,38,44). The maximum absolute atomic E-state index is 13.7. The summed E-state index contributed by atoms with van der Waals surface area (Å²) < 4.78 is 0. The Kier molecular flexibility index (Phi) is 10.0. The first-order valence-corrected chi connectivity index (χ1v) is 14.0. The minimum atomic E-state index is -0.515. The van der Waals surface area contributed by atoms with Gasteiger partial charge in [-0.15, -0.1) is 0 Å². The highest BCUT2D eigenvalue weighted by Gasteiger charge is 2.32. The van der Waals surface area contributed by atoms with Gasteiger partial charge in [0.25, 0.3) is 5.91 Å². The number of carbonyl (C=O) groups is 4. The molecule has 0 aliphatic heterocycles. The number of amidine groups is 1. The number of benzene rings is 3. The zero-order valence-corrected chi connectivity index (χ0v) is 24.6. The quantitative estimate of drug-likeness (QED) is 0.0608. The Morgan fingerprint density at radius 2 is 1.55 bits per heavy atom. The maximum atomic E-state index is 13.7. The lowest BCUT2D eigenvalue weighted by Crippen LogP contribution is -2.39. The van der Waals surface area contributed by atoms with Gasteiger partial charge in [0.05, 0.1) is 6.42 Å². The molecule has 0 atom stereocenters. The van der Waals surface area contributed by atoms with E-state index in [1.165, 1.54) is 24.3 Å². The molecule has 44 heavy (non-hydrogen) atoms. The van der Waals surface area contributed by atoms with Crippen LogP contribution in [0.2, 0.25) is 0 Å². The molecule has 226 valence electrons. The molecule has 0 radical (unpaired) electrons. The van der Waals surface area contributed by atoms with Crippen molar-refractivity contribution in [2.24, 2.45) is 5.73 Å². The molecule has 0 spiro atoms. The lowest BCUT2D eigenvalue weighted by Gasteiger charge is -2.24. The zero-order valence-electron chi connectivity index (χ0n) is 24.6. The van der Waals surface area contributed by atoms with Gasteiger partial charge in [-0.05, 0) is 34.9 Å². The third kappa shape index (κ3) is 7.84. The number of anilines is 1. The smallest absolute Gasteiger partial charge is 0.251 e. The van der Waals surface area contributed by atoms with Crippen molar-refractivity contribution < 1.29 is 19.2 Å². The molecule has 8 N–H and O–H groups in total. The minimum absolute atomic E-state index is 0.00470. The van der Waals surface area contributed by atoms with E-state index in [0.717, 1.165) is 11.1 Å². The summed E-state index contributed by atoms with van der Waals surface area (Å²) in [6, 6.07) is 20.7. The van der Waals surface area contributed by atoms with Crippen LogP contribution < -0.4 is 27.5 Å². The molecule has 3 aromatic carbocycles. The number of nitrogens with two attached hydrogens (primary N) is 2. The van der Waals surface area contributed by atoms with Crippen LogP contribution in [0.3, 0.4) is 0 Å². The molecule has 2 amide bonds. The van der Waals surface area contributed by atoms with Crippen LogP contribution in [0, 0.1) is 5.41 Å². The second-order valence-electron chi connectivity index (χ2n) is 10.3. The fourth-order valence-corrected chi connectivity index (χ4v) is 4.58. The van der Waals surface area contributed by atoms with E-state index in [-0.39, 0.29) is 59.0 Å². The van der Waals surface area contributed by atoms with E-state index in [1.807, 2.05) is 37.3 Å². The van der Waals surface area contributed by atoms with Crippen molar-refractivity contribution in [3.05, 3.63) is 118 Å². The molecule has 1 aliphatic rings. The molecule has 0 saturated carbocycles. The van der Waals surface area contributed by atoms with Crippen molar-refractivity contribution in [3.8, 4) is 0 Å². The second-order valence-corrected chi connectivity index (χ2v) is 10.3. The number of hydrogen-bond donors (Lipinski definition) is 6. The van der Waals surface area contributed by atoms with Crippen LogP contribution >= 0.6 is 0 Å². The van der Waals surface area contributed by atoms with Gasteiger partial charge >= 0.3 is 0 Å². The first-order valence-electron chi connectivity index (χ1n) is 14.0. The van der Waals surface area contributed by atoms with Crippen molar-refractivity contribution in [1.82, 2.24) is 21.1 Å². The SMILES string of the molecule is CCN(C)NC1=CC(=O)C(c2cc(N)cc(C(=O)NCc3ccccc3)c2)=C(CC(=O)NCc2ccc(C(=N)N)cc2)C1=O. The van der Waals surface area contributed by atoms with Gasteiger partial charge in [0.15, 0.2) is 5.78 Å². The molecule has 0 fully saturated rings. The van der Waals surface area contributed by atoms with Gasteiger partial charge in [-0.1, -0.05) is 61.5 Å².